The molecule has 1 aromatic heterocycles. The molecule has 0 radical (unpaired) electrons. The van der Waals surface area contributed by atoms with Crippen molar-refractivity contribution in [3.8, 4) is 5.75 Å². The second kappa shape index (κ2) is 9.06. The number of hydrazone groups is 1. The fourth-order valence-electron chi connectivity index (χ4n) is 3.58. The number of carbonyl (C=O) groups is 1. The molecule has 1 heterocycles. The second-order valence-electron chi connectivity index (χ2n) is 7.12. The molecule has 0 aliphatic heterocycles. The van der Waals surface area contributed by atoms with Crippen LogP contribution in [0.5, 0.6) is 5.75 Å². The summed E-state index contributed by atoms with van der Waals surface area (Å²) >= 11 is 6.39. The van der Waals surface area contributed by atoms with Crippen molar-refractivity contribution in [1.82, 2.24) is 9.99 Å². The summed E-state index contributed by atoms with van der Waals surface area (Å²) in [6.07, 6.45) is 1.70. The number of hydrogen-bond acceptors (Lipinski definition) is 3. The fraction of sp³-hybridized carbons (Fsp3) is 0.120. The third kappa shape index (κ3) is 4.32. The molecule has 0 saturated heterocycles. The van der Waals surface area contributed by atoms with E-state index in [9.17, 15) is 4.79 Å². The normalized spacial score (nSPS) is 11.2. The number of nitrogens with zero attached hydrogens (tertiary/aromatic N) is 2. The van der Waals surface area contributed by atoms with Gasteiger partial charge in [0.1, 0.15) is 5.75 Å². The quantitative estimate of drug-likeness (QED) is 0.327. The van der Waals surface area contributed by atoms with E-state index in [1.54, 1.807) is 37.6 Å². The summed E-state index contributed by atoms with van der Waals surface area (Å²) in [4.78, 5) is 12.4. The lowest BCUT2D eigenvalue weighted by Crippen LogP contribution is -2.17. The molecule has 1 amide bonds. The van der Waals surface area contributed by atoms with E-state index in [2.05, 4.69) is 27.2 Å². The highest BCUT2D eigenvalue weighted by Crippen LogP contribution is 2.27. The summed E-state index contributed by atoms with van der Waals surface area (Å²) in [7, 11) is 1.59. The topological polar surface area (TPSA) is 55.6 Å². The summed E-state index contributed by atoms with van der Waals surface area (Å²) in [6, 6.07) is 22.9. The van der Waals surface area contributed by atoms with Crippen molar-refractivity contribution >= 4 is 34.6 Å². The van der Waals surface area contributed by atoms with Crippen molar-refractivity contribution in [3.63, 3.8) is 0 Å². The molecule has 156 valence electrons. The summed E-state index contributed by atoms with van der Waals surface area (Å²) < 4.78 is 7.33. The van der Waals surface area contributed by atoms with Gasteiger partial charge in [-0.1, -0.05) is 48.0 Å². The van der Waals surface area contributed by atoms with Gasteiger partial charge < -0.3 is 9.30 Å². The number of nitrogens with one attached hydrogen (secondary N) is 1. The first-order valence-electron chi connectivity index (χ1n) is 9.87. The molecule has 0 spiro atoms. The molecule has 0 unspecified atom stereocenters. The molecule has 6 heteroatoms. The molecule has 0 bridgehead atoms. The SMILES string of the molecule is COc1ccc(C(=O)N/N=C\c2c(C)n(Cc3ccccc3Cl)c3ccccc23)cc1. The van der Waals surface area contributed by atoms with E-state index in [-0.39, 0.29) is 5.91 Å². The van der Waals surface area contributed by atoms with Gasteiger partial charge in [-0.15, -0.1) is 0 Å². The predicted octanol–water partition coefficient (Wildman–Crippen LogP) is 5.42. The Balaban J connectivity index is 1.61. The van der Waals surface area contributed by atoms with Crippen molar-refractivity contribution in [2.45, 2.75) is 13.5 Å². The minimum atomic E-state index is -0.281. The predicted molar refractivity (Wildman–Crippen MR) is 125 cm³/mol. The van der Waals surface area contributed by atoms with Crippen molar-refractivity contribution in [1.29, 1.82) is 0 Å². The van der Waals surface area contributed by atoms with E-state index in [1.165, 1.54) is 0 Å². The highest BCUT2D eigenvalue weighted by Gasteiger charge is 2.14. The first-order chi connectivity index (χ1) is 15.1. The Morgan fingerprint density at radius 2 is 1.77 bits per heavy atom. The average molecular weight is 432 g/mol. The van der Waals surface area contributed by atoms with Gasteiger partial charge in [-0.25, -0.2) is 5.43 Å². The average Bonchev–Trinajstić information content (AvgIpc) is 3.06. The lowest BCUT2D eigenvalue weighted by molar-refractivity contribution is 0.0955. The molecule has 0 atom stereocenters. The van der Waals surface area contributed by atoms with Gasteiger partial charge in [0.05, 0.1) is 13.3 Å². The number of amides is 1. The highest BCUT2D eigenvalue weighted by atomic mass is 35.5. The first kappa shape index (κ1) is 20.7. The summed E-state index contributed by atoms with van der Waals surface area (Å²) in [5.74, 6) is 0.415. The van der Waals surface area contributed by atoms with Gasteiger partial charge in [0, 0.05) is 39.3 Å². The van der Waals surface area contributed by atoms with E-state index in [4.69, 9.17) is 16.3 Å². The molecule has 5 nitrogen and oxygen atoms in total. The maximum Gasteiger partial charge on any atom is 0.271 e. The van der Waals surface area contributed by atoms with Crippen LogP contribution >= 0.6 is 11.6 Å². The molecular formula is C25H22ClN3O2. The summed E-state index contributed by atoms with van der Waals surface area (Å²) in [5, 5.41) is 6.02. The van der Waals surface area contributed by atoms with Crippen molar-refractivity contribution in [3.05, 3.63) is 100 Å². The zero-order chi connectivity index (χ0) is 21.8. The number of hydrogen-bond donors (Lipinski definition) is 1. The van der Waals surface area contributed by atoms with Crippen LogP contribution in [0.25, 0.3) is 10.9 Å². The minimum absolute atomic E-state index is 0.281. The number of para-hydroxylation sites is 1. The number of ether oxygens (including phenoxy) is 1. The van der Waals surface area contributed by atoms with Crippen molar-refractivity contribution < 1.29 is 9.53 Å². The molecule has 3 aromatic carbocycles. The fourth-order valence-corrected chi connectivity index (χ4v) is 3.78. The summed E-state index contributed by atoms with van der Waals surface area (Å²) in [6.45, 7) is 2.70. The highest BCUT2D eigenvalue weighted by molar-refractivity contribution is 6.31. The van der Waals surface area contributed by atoms with Crippen LogP contribution in [0.2, 0.25) is 5.02 Å². The molecule has 0 saturated carbocycles. The number of aromatic nitrogens is 1. The Hall–Kier alpha value is -3.57. The van der Waals surface area contributed by atoms with Gasteiger partial charge in [-0.2, -0.15) is 5.10 Å². The number of carbonyl (C=O) groups excluding carboxylic acids is 1. The lowest BCUT2D eigenvalue weighted by atomic mass is 10.1. The standard InChI is InChI=1S/C25H22ClN3O2/c1-17-22(15-27-28-25(30)18-11-13-20(31-2)14-12-18)21-8-4-6-10-24(21)29(17)16-19-7-3-5-9-23(19)26/h3-15H,16H2,1-2H3,(H,28,30)/b27-15-. The van der Waals surface area contributed by atoms with Gasteiger partial charge in [0.2, 0.25) is 0 Å². The van der Waals surface area contributed by atoms with Crippen molar-refractivity contribution in [2.24, 2.45) is 5.10 Å². The van der Waals surface area contributed by atoms with E-state index in [1.807, 2.05) is 43.3 Å². The number of halogens is 1. The Morgan fingerprint density at radius 3 is 2.52 bits per heavy atom. The van der Waals surface area contributed by atoms with E-state index in [0.717, 1.165) is 32.7 Å². The largest absolute Gasteiger partial charge is 0.497 e. The zero-order valence-corrected chi connectivity index (χ0v) is 18.1. The molecule has 0 aliphatic rings. The Kier molecular flexibility index (Phi) is 6.05. The number of methoxy groups -OCH3 is 1. The van der Waals surface area contributed by atoms with Crippen LogP contribution in [-0.4, -0.2) is 23.8 Å². The molecule has 4 rings (SSSR count). The Morgan fingerprint density at radius 1 is 1.06 bits per heavy atom. The minimum Gasteiger partial charge on any atom is -0.497 e. The molecule has 0 aliphatic carbocycles. The van der Waals surface area contributed by atoms with Crippen LogP contribution in [0.1, 0.15) is 27.2 Å². The molecule has 4 aromatic rings. The smallest absolute Gasteiger partial charge is 0.271 e. The maximum absolute atomic E-state index is 12.4. The Bertz CT molecular complexity index is 1260. The third-order valence-corrected chi connectivity index (χ3v) is 5.65. The molecule has 0 fully saturated rings. The molecular weight excluding hydrogens is 410 g/mol. The van der Waals surface area contributed by atoms with E-state index < -0.39 is 0 Å². The Labute approximate surface area is 185 Å². The van der Waals surface area contributed by atoms with Crippen LogP contribution in [0, 0.1) is 6.92 Å². The molecule has 1 N–H and O–H groups in total. The number of rotatable bonds is 6. The maximum atomic E-state index is 12.4. The first-order valence-corrected chi connectivity index (χ1v) is 10.2. The number of fused-ring (bicyclic) bond motifs is 1. The van der Waals surface area contributed by atoms with Gasteiger partial charge >= 0.3 is 0 Å². The zero-order valence-electron chi connectivity index (χ0n) is 17.3. The van der Waals surface area contributed by atoms with Crippen molar-refractivity contribution in [2.75, 3.05) is 7.11 Å². The summed E-state index contributed by atoms with van der Waals surface area (Å²) in [5.41, 5.74) is 7.25. The van der Waals surface area contributed by atoms with Crippen LogP contribution in [-0.2, 0) is 6.54 Å². The van der Waals surface area contributed by atoms with E-state index in [0.29, 0.717) is 17.9 Å². The van der Waals surface area contributed by atoms with Crippen LogP contribution in [0.3, 0.4) is 0 Å². The number of benzene rings is 3. The van der Waals surface area contributed by atoms with E-state index >= 15 is 0 Å². The van der Waals surface area contributed by atoms with Crippen LogP contribution in [0.15, 0.2) is 77.9 Å². The van der Waals surface area contributed by atoms with Gasteiger partial charge in [0.15, 0.2) is 0 Å². The van der Waals surface area contributed by atoms with Crippen LogP contribution < -0.4 is 10.2 Å². The third-order valence-electron chi connectivity index (χ3n) is 5.28. The van der Waals surface area contributed by atoms with Gasteiger partial charge in [-0.05, 0) is 48.9 Å². The van der Waals surface area contributed by atoms with Gasteiger partial charge in [-0.3, -0.25) is 4.79 Å². The lowest BCUT2D eigenvalue weighted by Gasteiger charge is -2.10. The molecule has 31 heavy (non-hydrogen) atoms. The van der Waals surface area contributed by atoms with Gasteiger partial charge in [0.25, 0.3) is 5.91 Å². The van der Waals surface area contributed by atoms with Crippen LogP contribution in [0.4, 0.5) is 0 Å². The second-order valence-corrected chi connectivity index (χ2v) is 7.53. The monoisotopic (exact) mass is 431 g/mol.